The molecule has 0 amide bonds. The SMILES string of the molecule is Cc1ccc2nc(N)n(-c3ccc(F)cc3)c2c1. The van der Waals surface area contributed by atoms with Gasteiger partial charge in [0, 0.05) is 5.69 Å². The molecular formula is C14H12FN3. The molecule has 0 bridgehead atoms. The average molecular weight is 241 g/mol. The summed E-state index contributed by atoms with van der Waals surface area (Å²) in [5.41, 5.74) is 9.63. The molecule has 0 fully saturated rings. The zero-order valence-electron chi connectivity index (χ0n) is 9.89. The van der Waals surface area contributed by atoms with Crippen LogP contribution in [0.3, 0.4) is 0 Å². The van der Waals surface area contributed by atoms with Gasteiger partial charge in [0.2, 0.25) is 5.95 Å². The van der Waals surface area contributed by atoms with Crippen LogP contribution < -0.4 is 5.73 Å². The number of hydrogen-bond acceptors (Lipinski definition) is 2. The fourth-order valence-electron chi connectivity index (χ4n) is 2.07. The number of benzene rings is 2. The summed E-state index contributed by atoms with van der Waals surface area (Å²) in [6, 6.07) is 12.1. The molecule has 2 aromatic carbocycles. The molecule has 3 rings (SSSR count). The first-order valence-electron chi connectivity index (χ1n) is 5.66. The summed E-state index contributed by atoms with van der Waals surface area (Å²) >= 11 is 0. The maximum Gasteiger partial charge on any atom is 0.205 e. The van der Waals surface area contributed by atoms with Crippen molar-refractivity contribution in [3.05, 3.63) is 53.8 Å². The highest BCUT2D eigenvalue weighted by Gasteiger charge is 2.09. The Morgan fingerprint density at radius 1 is 1.11 bits per heavy atom. The van der Waals surface area contributed by atoms with Crippen LogP contribution in [0.4, 0.5) is 10.3 Å². The Hall–Kier alpha value is -2.36. The number of hydrogen-bond donors (Lipinski definition) is 1. The number of nitrogen functional groups attached to an aromatic ring is 1. The van der Waals surface area contributed by atoms with Gasteiger partial charge in [0.25, 0.3) is 0 Å². The van der Waals surface area contributed by atoms with Gasteiger partial charge in [0.1, 0.15) is 5.82 Å². The molecule has 90 valence electrons. The Morgan fingerprint density at radius 2 is 1.83 bits per heavy atom. The van der Waals surface area contributed by atoms with Gasteiger partial charge < -0.3 is 5.73 Å². The number of nitrogens with two attached hydrogens (primary N) is 1. The minimum atomic E-state index is -0.266. The fourth-order valence-corrected chi connectivity index (χ4v) is 2.07. The second-order valence-corrected chi connectivity index (χ2v) is 4.27. The Morgan fingerprint density at radius 3 is 2.56 bits per heavy atom. The summed E-state index contributed by atoms with van der Waals surface area (Å²) in [4.78, 5) is 4.30. The zero-order chi connectivity index (χ0) is 12.7. The van der Waals surface area contributed by atoms with Crippen LogP contribution in [0.2, 0.25) is 0 Å². The molecule has 0 atom stereocenters. The number of rotatable bonds is 1. The highest BCUT2D eigenvalue weighted by Crippen LogP contribution is 2.23. The molecule has 1 heterocycles. The molecule has 4 heteroatoms. The van der Waals surface area contributed by atoms with Crippen molar-refractivity contribution < 1.29 is 4.39 Å². The minimum Gasteiger partial charge on any atom is -0.369 e. The van der Waals surface area contributed by atoms with Gasteiger partial charge in [0.05, 0.1) is 11.0 Å². The second kappa shape index (κ2) is 3.84. The lowest BCUT2D eigenvalue weighted by Gasteiger charge is -2.06. The topological polar surface area (TPSA) is 43.8 Å². The van der Waals surface area contributed by atoms with Crippen molar-refractivity contribution in [3.63, 3.8) is 0 Å². The first-order chi connectivity index (χ1) is 8.65. The zero-order valence-corrected chi connectivity index (χ0v) is 9.89. The smallest absolute Gasteiger partial charge is 0.205 e. The molecule has 0 unspecified atom stereocenters. The van der Waals surface area contributed by atoms with E-state index in [2.05, 4.69) is 4.98 Å². The first kappa shape index (κ1) is 10.8. The van der Waals surface area contributed by atoms with Crippen LogP contribution in [-0.4, -0.2) is 9.55 Å². The molecular weight excluding hydrogens is 229 g/mol. The van der Waals surface area contributed by atoms with E-state index in [4.69, 9.17) is 5.73 Å². The Labute approximate surface area is 104 Å². The third-order valence-electron chi connectivity index (χ3n) is 2.92. The van der Waals surface area contributed by atoms with Crippen LogP contribution in [0.25, 0.3) is 16.7 Å². The lowest BCUT2D eigenvalue weighted by molar-refractivity contribution is 0.627. The van der Waals surface area contributed by atoms with Crippen molar-refractivity contribution in [1.29, 1.82) is 0 Å². The van der Waals surface area contributed by atoms with Crippen molar-refractivity contribution in [2.75, 3.05) is 5.73 Å². The van der Waals surface area contributed by atoms with Crippen LogP contribution in [0.15, 0.2) is 42.5 Å². The molecule has 1 aromatic heterocycles. The molecule has 0 saturated heterocycles. The summed E-state index contributed by atoms with van der Waals surface area (Å²) in [5.74, 6) is 0.139. The van der Waals surface area contributed by atoms with Crippen LogP contribution in [0.1, 0.15) is 5.56 Å². The Balaban J connectivity index is 2.30. The van der Waals surface area contributed by atoms with E-state index in [1.54, 1.807) is 12.1 Å². The third-order valence-corrected chi connectivity index (χ3v) is 2.92. The number of aryl methyl sites for hydroxylation is 1. The summed E-state index contributed by atoms with van der Waals surface area (Å²) in [5, 5.41) is 0. The van der Waals surface area contributed by atoms with Crippen LogP contribution >= 0.6 is 0 Å². The molecule has 0 aliphatic heterocycles. The summed E-state index contributed by atoms with van der Waals surface area (Å²) < 4.78 is 14.8. The monoisotopic (exact) mass is 241 g/mol. The number of anilines is 1. The number of fused-ring (bicyclic) bond motifs is 1. The van der Waals surface area contributed by atoms with E-state index >= 15 is 0 Å². The predicted molar refractivity (Wildman–Crippen MR) is 70.2 cm³/mol. The lowest BCUT2D eigenvalue weighted by Crippen LogP contribution is -2.00. The van der Waals surface area contributed by atoms with Crippen LogP contribution in [-0.2, 0) is 0 Å². The highest BCUT2D eigenvalue weighted by atomic mass is 19.1. The molecule has 0 aliphatic rings. The molecule has 3 nitrogen and oxygen atoms in total. The van der Waals surface area contributed by atoms with E-state index in [9.17, 15) is 4.39 Å². The van der Waals surface area contributed by atoms with Gasteiger partial charge in [-0.25, -0.2) is 9.37 Å². The number of aromatic nitrogens is 2. The average Bonchev–Trinajstić information content (AvgIpc) is 2.66. The Kier molecular flexibility index (Phi) is 2.30. The van der Waals surface area contributed by atoms with Crippen molar-refractivity contribution in [2.24, 2.45) is 0 Å². The van der Waals surface area contributed by atoms with E-state index in [1.165, 1.54) is 12.1 Å². The standard InChI is InChI=1S/C14H12FN3/c1-9-2-7-12-13(8-9)18(14(16)17-12)11-5-3-10(15)4-6-11/h2-8H,1H3,(H2,16,17). The quantitative estimate of drug-likeness (QED) is 0.711. The van der Waals surface area contributed by atoms with Crippen molar-refractivity contribution >= 4 is 17.0 Å². The molecule has 18 heavy (non-hydrogen) atoms. The third kappa shape index (κ3) is 1.62. The maximum absolute atomic E-state index is 13.0. The van der Waals surface area contributed by atoms with Crippen molar-refractivity contribution in [1.82, 2.24) is 9.55 Å². The van der Waals surface area contributed by atoms with E-state index < -0.39 is 0 Å². The molecule has 2 N–H and O–H groups in total. The van der Waals surface area contributed by atoms with Gasteiger partial charge in [-0.3, -0.25) is 4.57 Å². The number of nitrogens with zero attached hydrogens (tertiary/aromatic N) is 2. The Bertz CT molecular complexity index is 714. The minimum absolute atomic E-state index is 0.266. The van der Waals surface area contributed by atoms with Gasteiger partial charge in [-0.05, 0) is 48.9 Å². The van der Waals surface area contributed by atoms with Crippen molar-refractivity contribution in [3.8, 4) is 5.69 Å². The molecule has 0 radical (unpaired) electrons. The van der Waals surface area contributed by atoms with E-state index in [1.807, 2.05) is 29.7 Å². The van der Waals surface area contributed by atoms with Gasteiger partial charge in [-0.15, -0.1) is 0 Å². The van der Waals surface area contributed by atoms with Gasteiger partial charge in [-0.2, -0.15) is 0 Å². The summed E-state index contributed by atoms with van der Waals surface area (Å²) in [6.07, 6.45) is 0. The highest BCUT2D eigenvalue weighted by molar-refractivity contribution is 5.81. The number of imidazole rings is 1. The van der Waals surface area contributed by atoms with Crippen LogP contribution in [0.5, 0.6) is 0 Å². The van der Waals surface area contributed by atoms with E-state index in [-0.39, 0.29) is 5.82 Å². The molecule has 0 spiro atoms. The van der Waals surface area contributed by atoms with Gasteiger partial charge in [0.15, 0.2) is 0 Å². The number of halogens is 1. The lowest BCUT2D eigenvalue weighted by atomic mass is 10.2. The van der Waals surface area contributed by atoms with Gasteiger partial charge >= 0.3 is 0 Å². The predicted octanol–water partition coefficient (Wildman–Crippen LogP) is 3.06. The second-order valence-electron chi connectivity index (χ2n) is 4.27. The van der Waals surface area contributed by atoms with Crippen molar-refractivity contribution in [2.45, 2.75) is 6.92 Å². The fraction of sp³-hybridized carbons (Fsp3) is 0.0714. The first-order valence-corrected chi connectivity index (χ1v) is 5.66. The van der Waals surface area contributed by atoms with E-state index in [0.717, 1.165) is 22.3 Å². The van der Waals surface area contributed by atoms with Gasteiger partial charge in [-0.1, -0.05) is 6.07 Å². The molecule has 3 aromatic rings. The molecule has 0 saturated carbocycles. The summed E-state index contributed by atoms with van der Waals surface area (Å²) in [7, 11) is 0. The summed E-state index contributed by atoms with van der Waals surface area (Å²) in [6.45, 7) is 2.01. The van der Waals surface area contributed by atoms with E-state index in [0.29, 0.717) is 5.95 Å². The molecule has 0 aliphatic carbocycles. The normalized spacial score (nSPS) is 11.0. The maximum atomic E-state index is 13.0. The van der Waals surface area contributed by atoms with Crippen LogP contribution in [0, 0.1) is 12.7 Å². The largest absolute Gasteiger partial charge is 0.369 e.